The Balaban J connectivity index is 1.70. The van der Waals surface area contributed by atoms with Gasteiger partial charge in [0.1, 0.15) is 0 Å². The van der Waals surface area contributed by atoms with Crippen LogP contribution >= 0.6 is 0 Å². The highest BCUT2D eigenvalue weighted by atomic mass is 16.5. The number of rotatable bonds is 4. The number of pyridine rings is 1. The van der Waals surface area contributed by atoms with Gasteiger partial charge >= 0.3 is 0 Å². The molecule has 0 aliphatic carbocycles. The Morgan fingerprint density at radius 2 is 2.15 bits per heavy atom. The first-order valence-electron chi connectivity index (χ1n) is 7.47. The second-order valence-corrected chi connectivity index (χ2v) is 5.53. The van der Waals surface area contributed by atoms with Crippen LogP contribution in [0.5, 0.6) is 0 Å². The molecule has 1 aromatic carbocycles. The van der Waals surface area contributed by atoms with Gasteiger partial charge in [-0.15, -0.1) is 0 Å². The quantitative estimate of drug-likeness (QED) is 0.923. The van der Waals surface area contributed by atoms with Crippen LogP contribution in [0.25, 0.3) is 10.8 Å². The molecule has 1 aromatic heterocycles. The van der Waals surface area contributed by atoms with Crippen molar-refractivity contribution in [1.82, 2.24) is 4.98 Å². The molecule has 2 atom stereocenters. The topological polar surface area (TPSA) is 42.4 Å². The Morgan fingerprint density at radius 3 is 3.00 bits per heavy atom. The van der Waals surface area contributed by atoms with Crippen molar-refractivity contribution < 1.29 is 9.84 Å². The zero-order chi connectivity index (χ0) is 13.8. The van der Waals surface area contributed by atoms with Crippen molar-refractivity contribution in [2.24, 2.45) is 0 Å². The Kier molecular flexibility index (Phi) is 4.28. The third-order valence-corrected chi connectivity index (χ3v) is 4.09. The average molecular weight is 271 g/mol. The van der Waals surface area contributed by atoms with Crippen molar-refractivity contribution in [2.75, 3.05) is 6.61 Å². The van der Waals surface area contributed by atoms with Gasteiger partial charge in [0.2, 0.25) is 0 Å². The molecule has 2 unspecified atom stereocenters. The van der Waals surface area contributed by atoms with E-state index >= 15 is 0 Å². The molecule has 0 radical (unpaired) electrons. The first kappa shape index (κ1) is 13.5. The molecule has 1 fully saturated rings. The van der Waals surface area contributed by atoms with Crippen LogP contribution < -0.4 is 0 Å². The van der Waals surface area contributed by atoms with Crippen LogP contribution in [-0.4, -0.2) is 22.8 Å². The van der Waals surface area contributed by atoms with Gasteiger partial charge < -0.3 is 9.84 Å². The first-order valence-corrected chi connectivity index (χ1v) is 7.47. The molecule has 106 valence electrons. The summed E-state index contributed by atoms with van der Waals surface area (Å²) in [4.78, 5) is 4.24. The molecule has 2 aromatic rings. The zero-order valence-electron chi connectivity index (χ0n) is 11.7. The minimum Gasteiger partial charge on any atom is -0.388 e. The number of benzene rings is 1. The zero-order valence-corrected chi connectivity index (χ0v) is 11.7. The predicted octanol–water partition coefficient (Wildman–Crippen LogP) is 3.62. The Hall–Kier alpha value is -1.45. The van der Waals surface area contributed by atoms with Gasteiger partial charge in [-0.1, -0.05) is 24.3 Å². The Morgan fingerprint density at radius 1 is 1.25 bits per heavy atom. The highest BCUT2D eigenvalue weighted by molar-refractivity contribution is 5.84. The smallest absolute Gasteiger partial charge is 0.0812 e. The maximum atomic E-state index is 10.5. The summed E-state index contributed by atoms with van der Waals surface area (Å²) in [6.45, 7) is 0.872. The van der Waals surface area contributed by atoms with E-state index < -0.39 is 6.10 Å². The van der Waals surface area contributed by atoms with E-state index in [1.165, 1.54) is 12.8 Å². The summed E-state index contributed by atoms with van der Waals surface area (Å²) in [6, 6.07) is 8.08. The molecule has 1 aliphatic rings. The van der Waals surface area contributed by atoms with Crippen molar-refractivity contribution >= 4 is 10.8 Å². The summed E-state index contributed by atoms with van der Waals surface area (Å²) in [5.41, 5.74) is 0.930. The van der Waals surface area contributed by atoms with E-state index in [-0.39, 0.29) is 0 Å². The summed E-state index contributed by atoms with van der Waals surface area (Å²) in [5.74, 6) is 0. The second-order valence-electron chi connectivity index (χ2n) is 5.53. The van der Waals surface area contributed by atoms with E-state index in [1.54, 1.807) is 6.20 Å². The second kappa shape index (κ2) is 6.33. The molecule has 0 amide bonds. The van der Waals surface area contributed by atoms with Crippen molar-refractivity contribution in [3.8, 4) is 0 Å². The van der Waals surface area contributed by atoms with E-state index in [0.717, 1.165) is 42.2 Å². The monoisotopic (exact) mass is 271 g/mol. The summed E-state index contributed by atoms with van der Waals surface area (Å²) in [5, 5.41) is 12.6. The van der Waals surface area contributed by atoms with Crippen molar-refractivity contribution in [1.29, 1.82) is 0 Å². The van der Waals surface area contributed by atoms with Crippen molar-refractivity contribution in [3.63, 3.8) is 0 Å². The van der Waals surface area contributed by atoms with Gasteiger partial charge in [-0.3, -0.25) is 4.98 Å². The number of hydrogen-bond donors (Lipinski definition) is 1. The van der Waals surface area contributed by atoms with Gasteiger partial charge in [-0.25, -0.2) is 0 Å². The number of fused-ring (bicyclic) bond motifs is 1. The maximum absolute atomic E-state index is 10.5. The van der Waals surface area contributed by atoms with Crippen LogP contribution in [0.3, 0.4) is 0 Å². The average Bonchev–Trinajstić information content (AvgIpc) is 2.53. The van der Waals surface area contributed by atoms with Gasteiger partial charge in [0.25, 0.3) is 0 Å². The van der Waals surface area contributed by atoms with Gasteiger partial charge in [0.15, 0.2) is 0 Å². The largest absolute Gasteiger partial charge is 0.388 e. The van der Waals surface area contributed by atoms with Crippen LogP contribution in [-0.2, 0) is 4.74 Å². The highest BCUT2D eigenvalue weighted by Crippen LogP contribution is 2.28. The third-order valence-electron chi connectivity index (χ3n) is 4.09. The first-order chi connectivity index (χ1) is 9.84. The number of nitrogens with zero attached hydrogens (tertiary/aromatic N) is 1. The molecule has 1 N–H and O–H groups in total. The molecule has 1 saturated heterocycles. The van der Waals surface area contributed by atoms with E-state index in [1.807, 2.05) is 30.5 Å². The standard InChI is InChI=1S/C17H21NO2/c19-17(9-8-14-6-3-4-10-20-14)16-12-18-11-13-5-1-2-7-15(13)16/h1-2,5,7,11-12,14,17,19H,3-4,6,8-10H2. The van der Waals surface area contributed by atoms with E-state index in [0.29, 0.717) is 6.10 Å². The number of ether oxygens (including phenoxy) is 1. The predicted molar refractivity (Wildman–Crippen MR) is 79.5 cm³/mol. The number of hydrogen-bond acceptors (Lipinski definition) is 3. The molecular weight excluding hydrogens is 250 g/mol. The molecule has 0 bridgehead atoms. The van der Waals surface area contributed by atoms with E-state index in [2.05, 4.69) is 4.98 Å². The molecule has 2 heterocycles. The normalized spacial score (nSPS) is 20.9. The van der Waals surface area contributed by atoms with E-state index in [4.69, 9.17) is 4.74 Å². The Labute approximate surface area is 119 Å². The fraction of sp³-hybridized carbons (Fsp3) is 0.471. The lowest BCUT2D eigenvalue weighted by Crippen LogP contribution is -2.19. The minimum absolute atomic E-state index is 0.321. The van der Waals surface area contributed by atoms with Crippen LogP contribution in [0.15, 0.2) is 36.7 Å². The molecule has 3 heteroatoms. The number of aliphatic hydroxyl groups is 1. The molecule has 1 aliphatic heterocycles. The van der Waals surface area contributed by atoms with Gasteiger partial charge in [-0.05, 0) is 37.5 Å². The van der Waals surface area contributed by atoms with E-state index in [9.17, 15) is 5.11 Å². The fourth-order valence-electron chi connectivity index (χ4n) is 2.94. The van der Waals surface area contributed by atoms with Crippen LogP contribution in [0, 0.1) is 0 Å². The molecule has 0 saturated carbocycles. The molecule has 20 heavy (non-hydrogen) atoms. The lowest BCUT2D eigenvalue weighted by atomic mass is 9.97. The molecule has 3 rings (SSSR count). The summed E-state index contributed by atoms with van der Waals surface area (Å²) in [6.07, 6.45) is 8.69. The number of aromatic nitrogens is 1. The third kappa shape index (κ3) is 3.00. The SMILES string of the molecule is OC(CCC1CCCCO1)c1cncc2ccccc12. The number of aliphatic hydroxyl groups excluding tert-OH is 1. The van der Waals surface area contributed by atoms with Crippen LogP contribution in [0.2, 0.25) is 0 Å². The van der Waals surface area contributed by atoms with Crippen LogP contribution in [0.4, 0.5) is 0 Å². The summed E-state index contributed by atoms with van der Waals surface area (Å²) < 4.78 is 5.72. The lowest BCUT2D eigenvalue weighted by Gasteiger charge is -2.23. The highest BCUT2D eigenvalue weighted by Gasteiger charge is 2.17. The lowest BCUT2D eigenvalue weighted by molar-refractivity contribution is 0.00220. The fourth-order valence-corrected chi connectivity index (χ4v) is 2.94. The minimum atomic E-state index is -0.459. The summed E-state index contributed by atoms with van der Waals surface area (Å²) in [7, 11) is 0. The molecule has 0 spiro atoms. The maximum Gasteiger partial charge on any atom is 0.0812 e. The summed E-state index contributed by atoms with van der Waals surface area (Å²) >= 11 is 0. The van der Waals surface area contributed by atoms with Crippen LogP contribution in [0.1, 0.15) is 43.8 Å². The van der Waals surface area contributed by atoms with Gasteiger partial charge in [-0.2, -0.15) is 0 Å². The van der Waals surface area contributed by atoms with Gasteiger partial charge in [0.05, 0.1) is 12.2 Å². The molecular formula is C17H21NO2. The van der Waals surface area contributed by atoms with Crippen molar-refractivity contribution in [3.05, 3.63) is 42.2 Å². The van der Waals surface area contributed by atoms with Crippen molar-refractivity contribution in [2.45, 2.75) is 44.3 Å². The van der Waals surface area contributed by atoms with Gasteiger partial charge in [0, 0.05) is 30.0 Å². The molecule has 3 nitrogen and oxygen atoms in total. The Bertz CT molecular complexity index is 558.